The third kappa shape index (κ3) is 2.23. The Morgan fingerprint density at radius 1 is 1.53 bits per heavy atom. The summed E-state index contributed by atoms with van der Waals surface area (Å²) in [7, 11) is 1.56. The molecule has 1 aliphatic rings. The van der Waals surface area contributed by atoms with E-state index in [1.165, 1.54) is 11.8 Å². The van der Waals surface area contributed by atoms with Crippen molar-refractivity contribution in [3.8, 4) is 11.5 Å². The first kappa shape index (κ1) is 12.2. The quantitative estimate of drug-likeness (QED) is 0.801. The molecule has 0 saturated carbocycles. The van der Waals surface area contributed by atoms with Crippen LogP contribution in [0, 0.1) is 0 Å². The van der Waals surface area contributed by atoms with Crippen LogP contribution >= 0.6 is 11.8 Å². The molecule has 1 aromatic rings. The third-order valence-electron chi connectivity index (χ3n) is 2.45. The average Bonchev–Trinajstić information content (AvgIpc) is 2.34. The van der Waals surface area contributed by atoms with Gasteiger partial charge in [0.05, 0.1) is 23.4 Å². The minimum Gasteiger partial charge on any atom is -0.494 e. The molecular formula is C11H16N2O3S. The van der Waals surface area contributed by atoms with Gasteiger partial charge >= 0.3 is 0 Å². The second kappa shape index (κ2) is 4.93. The van der Waals surface area contributed by atoms with Gasteiger partial charge in [-0.1, -0.05) is 11.8 Å². The maximum atomic E-state index is 6.00. The average molecular weight is 256 g/mol. The lowest BCUT2D eigenvalue weighted by molar-refractivity contribution is 0.0807. The minimum atomic E-state index is -0.0543. The van der Waals surface area contributed by atoms with Crippen molar-refractivity contribution < 1.29 is 14.2 Å². The number of methoxy groups -OCH3 is 1. The molecule has 1 atom stereocenters. The Kier molecular flexibility index (Phi) is 3.54. The van der Waals surface area contributed by atoms with E-state index in [-0.39, 0.29) is 5.44 Å². The van der Waals surface area contributed by atoms with E-state index >= 15 is 0 Å². The van der Waals surface area contributed by atoms with Crippen molar-refractivity contribution in [2.45, 2.75) is 17.3 Å². The molecule has 0 amide bonds. The first-order chi connectivity index (χ1) is 8.17. The van der Waals surface area contributed by atoms with Crippen molar-refractivity contribution in [1.82, 2.24) is 0 Å². The van der Waals surface area contributed by atoms with Crippen molar-refractivity contribution in [1.29, 1.82) is 0 Å². The standard InChI is InChI=1S/C11H16N2O3S/c1-3-15-8-5-16-10-6(12)4-7(14-2)9(13)11(10)17-8/h4,8H,3,5,12-13H2,1-2H3. The Morgan fingerprint density at radius 2 is 2.29 bits per heavy atom. The predicted molar refractivity (Wildman–Crippen MR) is 68.6 cm³/mol. The number of hydrogen-bond acceptors (Lipinski definition) is 6. The van der Waals surface area contributed by atoms with Gasteiger partial charge in [0.15, 0.2) is 5.75 Å². The van der Waals surface area contributed by atoms with Gasteiger partial charge in [-0.25, -0.2) is 0 Å². The summed E-state index contributed by atoms with van der Waals surface area (Å²) in [6.45, 7) is 3.05. The van der Waals surface area contributed by atoms with E-state index in [4.69, 9.17) is 25.7 Å². The van der Waals surface area contributed by atoms with Gasteiger partial charge in [0.1, 0.15) is 17.8 Å². The van der Waals surface area contributed by atoms with E-state index in [1.54, 1.807) is 13.2 Å². The van der Waals surface area contributed by atoms with Gasteiger partial charge in [-0.05, 0) is 6.92 Å². The van der Waals surface area contributed by atoms with Gasteiger partial charge < -0.3 is 25.7 Å². The van der Waals surface area contributed by atoms with Crippen molar-refractivity contribution in [2.24, 2.45) is 0 Å². The summed E-state index contributed by atoms with van der Waals surface area (Å²) in [5, 5.41) is 0. The highest BCUT2D eigenvalue weighted by molar-refractivity contribution is 8.00. The summed E-state index contributed by atoms with van der Waals surface area (Å²) in [6.07, 6.45) is 0. The summed E-state index contributed by atoms with van der Waals surface area (Å²) in [5.41, 5.74) is 12.9. The molecule has 94 valence electrons. The van der Waals surface area contributed by atoms with Crippen LogP contribution in [0.2, 0.25) is 0 Å². The molecule has 1 heterocycles. The maximum Gasteiger partial charge on any atom is 0.158 e. The lowest BCUT2D eigenvalue weighted by atomic mass is 10.2. The molecular weight excluding hydrogens is 240 g/mol. The van der Waals surface area contributed by atoms with Gasteiger partial charge in [0.2, 0.25) is 0 Å². The van der Waals surface area contributed by atoms with Crippen LogP contribution in [0.3, 0.4) is 0 Å². The normalized spacial score (nSPS) is 18.4. The fourth-order valence-electron chi connectivity index (χ4n) is 1.67. The largest absolute Gasteiger partial charge is 0.494 e. The van der Waals surface area contributed by atoms with E-state index < -0.39 is 0 Å². The number of anilines is 2. The SMILES string of the molecule is CCOC1COc2c(N)cc(OC)c(N)c2S1. The molecule has 0 saturated heterocycles. The first-order valence-electron chi connectivity index (χ1n) is 5.34. The van der Waals surface area contributed by atoms with Crippen LogP contribution in [-0.4, -0.2) is 25.8 Å². The van der Waals surface area contributed by atoms with Crippen molar-refractivity contribution in [2.75, 3.05) is 31.8 Å². The summed E-state index contributed by atoms with van der Waals surface area (Å²) in [5.74, 6) is 1.19. The summed E-state index contributed by atoms with van der Waals surface area (Å²) >= 11 is 1.52. The molecule has 4 N–H and O–H groups in total. The number of rotatable bonds is 3. The minimum absolute atomic E-state index is 0.0543. The van der Waals surface area contributed by atoms with E-state index in [1.807, 2.05) is 6.92 Å². The highest BCUT2D eigenvalue weighted by Crippen LogP contribution is 2.48. The van der Waals surface area contributed by atoms with E-state index in [2.05, 4.69) is 0 Å². The number of nitrogens with two attached hydrogens (primary N) is 2. The number of nitrogen functional groups attached to an aromatic ring is 2. The number of benzene rings is 1. The Hall–Kier alpha value is -1.27. The lowest BCUT2D eigenvalue weighted by Gasteiger charge is -2.27. The third-order valence-corrected chi connectivity index (χ3v) is 3.63. The Morgan fingerprint density at radius 3 is 2.94 bits per heavy atom. The van der Waals surface area contributed by atoms with Crippen LogP contribution in [0.4, 0.5) is 11.4 Å². The predicted octanol–water partition coefficient (Wildman–Crippen LogP) is 1.71. The fourth-order valence-corrected chi connectivity index (χ4v) is 2.78. The Balaban J connectivity index is 2.37. The molecule has 6 heteroatoms. The van der Waals surface area contributed by atoms with Crippen LogP contribution in [0.1, 0.15) is 6.92 Å². The molecule has 0 radical (unpaired) electrons. The topological polar surface area (TPSA) is 79.7 Å². The van der Waals surface area contributed by atoms with Gasteiger partial charge in [-0.15, -0.1) is 0 Å². The van der Waals surface area contributed by atoms with Gasteiger partial charge in [0, 0.05) is 12.7 Å². The molecule has 1 unspecified atom stereocenters. The highest BCUT2D eigenvalue weighted by Gasteiger charge is 2.26. The van der Waals surface area contributed by atoms with Crippen LogP contribution in [0.15, 0.2) is 11.0 Å². The van der Waals surface area contributed by atoms with Gasteiger partial charge in [-0.2, -0.15) is 0 Å². The van der Waals surface area contributed by atoms with E-state index in [0.29, 0.717) is 36.1 Å². The molecule has 0 spiro atoms. The zero-order valence-electron chi connectivity index (χ0n) is 9.86. The second-order valence-electron chi connectivity index (χ2n) is 3.55. The first-order valence-corrected chi connectivity index (χ1v) is 6.22. The van der Waals surface area contributed by atoms with E-state index in [0.717, 1.165) is 4.90 Å². The van der Waals surface area contributed by atoms with Crippen molar-refractivity contribution >= 4 is 23.1 Å². The number of ether oxygens (including phenoxy) is 3. The van der Waals surface area contributed by atoms with Crippen LogP contribution < -0.4 is 20.9 Å². The molecule has 0 fully saturated rings. The summed E-state index contributed by atoms with van der Waals surface area (Å²) in [6, 6.07) is 1.68. The van der Waals surface area contributed by atoms with Crippen molar-refractivity contribution in [3.05, 3.63) is 6.07 Å². The molecule has 17 heavy (non-hydrogen) atoms. The molecule has 0 bridgehead atoms. The van der Waals surface area contributed by atoms with Crippen LogP contribution in [0.5, 0.6) is 11.5 Å². The van der Waals surface area contributed by atoms with Gasteiger partial charge in [0.25, 0.3) is 0 Å². The molecule has 0 aromatic heterocycles. The zero-order chi connectivity index (χ0) is 12.4. The van der Waals surface area contributed by atoms with Gasteiger partial charge in [-0.3, -0.25) is 0 Å². The lowest BCUT2D eigenvalue weighted by Crippen LogP contribution is -2.23. The molecule has 5 nitrogen and oxygen atoms in total. The molecule has 1 aromatic carbocycles. The summed E-state index contributed by atoms with van der Waals surface area (Å²) in [4.78, 5) is 0.798. The number of hydrogen-bond donors (Lipinski definition) is 2. The Bertz CT molecular complexity index is 426. The molecule has 0 aliphatic carbocycles. The van der Waals surface area contributed by atoms with Crippen molar-refractivity contribution in [3.63, 3.8) is 0 Å². The fraction of sp³-hybridized carbons (Fsp3) is 0.455. The zero-order valence-corrected chi connectivity index (χ0v) is 10.7. The molecule has 1 aliphatic heterocycles. The smallest absolute Gasteiger partial charge is 0.158 e. The molecule has 2 rings (SSSR count). The summed E-state index contributed by atoms with van der Waals surface area (Å²) < 4.78 is 16.3. The monoisotopic (exact) mass is 256 g/mol. The Labute approximate surface area is 104 Å². The number of thioether (sulfide) groups is 1. The second-order valence-corrected chi connectivity index (χ2v) is 4.72. The van der Waals surface area contributed by atoms with Crippen LogP contribution in [-0.2, 0) is 4.74 Å². The number of fused-ring (bicyclic) bond motifs is 1. The maximum absolute atomic E-state index is 6.00. The highest BCUT2D eigenvalue weighted by atomic mass is 32.2. The van der Waals surface area contributed by atoms with E-state index in [9.17, 15) is 0 Å². The van der Waals surface area contributed by atoms with Crippen LogP contribution in [0.25, 0.3) is 0 Å².